The van der Waals surface area contributed by atoms with Crippen molar-refractivity contribution < 1.29 is 23.4 Å². The Morgan fingerprint density at radius 2 is 2.06 bits per heavy atom. The SMILES string of the molecule is CCC1(Oc2cc(C(=O)OCCN3CCOCC3)ccc2F)CC2CC1C1CCCC21. The van der Waals surface area contributed by atoms with Gasteiger partial charge in [0.2, 0.25) is 0 Å². The standard InChI is InChI=1S/C25H34FNO4/c1-2-25(16-18-14-21(25)20-5-3-4-19(18)20)31-23-15-17(6-7-22(23)26)24(28)30-13-10-27-8-11-29-12-9-27/h6-7,15,18-21H,2-5,8-14,16H2,1H3. The van der Waals surface area contributed by atoms with Gasteiger partial charge in [0, 0.05) is 25.6 Å². The number of nitrogens with zero attached hydrogens (tertiary/aromatic N) is 1. The zero-order chi connectivity index (χ0) is 21.4. The molecule has 170 valence electrons. The number of hydrogen-bond donors (Lipinski definition) is 0. The normalized spacial score (nSPS) is 34.6. The highest BCUT2D eigenvalue weighted by atomic mass is 19.1. The summed E-state index contributed by atoms with van der Waals surface area (Å²) in [7, 11) is 0. The Balaban J connectivity index is 1.25. The van der Waals surface area contributed by atoms with Gasteiger partial charge in [0.1, 0.15) is 12.2 Å². The van der Waals surface area contributed by atoms with Crippen molar-refractivity contribution in [3.05, 3.63) is 29.6 Å². The smallest absolute Gasteiger partial charge is 0.338 e. The van der Waals surface area contributed by atoms with Gasteiger partial charge in [-0.3, -0.25) is 4.90 Å². The molecule has 3 aliphatic carbocycles. The van der Waals surface area contributed by atoms with E-state index in [0.717, 1.165) is 51.0 Å². The van der Waals surface area contributed by atoms with Gasteiger partial charge < -0.3 is 14.2 Å². The topological polar surface area (TPSA) is 48.0 Å². The van der Waals surface area contributed by atoms with Crippen molar-refractivity contribution in [2.45, 2.75) is 51.0 Å². The molecule has 0 aromatic heterocycles. The molecule has 4 aliphatic rings. The number of rotatable bonds is 7. The molecule has 0 spiro atoms. The van der Waals surface area contributed by atoms with E-state index in [-0.39, 0.29) is 11.4 Å². The summed E-state index contributed by atoms with van der Waals surface area (Å²) in [6.07, 6.45) is 7.07. The van der Waals surface area contributed by atoms with E-state index in [2.05, 4.69) is 11.8 Å². The molecule has 5 rings (SSSR count). The fourth-order valence-electron chi connectivity index (χ4n) is 6.91. The van der Waals surface area contributed by atoms with Gasteiger partial charge in [0.05, 0.1) is 18.8 Å². The summed E-state index contributed by atoms with van der Waals surface area (Å²) in [5.41, 5.74) is 0.0575. The van der Waals surface area contributed by atoms with Gasteiger partial charge >= 0.3 is 5.97 Å². The molecule has 0 radical (unpaired) electrons. The van der Waals surface area contributed by atoms with Crippen molar-refractivity contribution in [2.24, 2.45) is 23.7 Å². The lowest BCUT2D eigenvalue weighted by molar-refractivity contribution is -0.0283. The van der Waals surface area contributed by atoms with E-state index < -0.39 is 11.8 Å². The van der Waals surface area contributed by atoms with E-state index in [4.69, 9.17) is 14.2 Å². The Bertz CT molecular complexity index is 811. The number of ether oxygens (including phenoxy) is 3. The summed E-state index contributed by atoms with van der Waals surface area (Å²) in [5.74, 6) is 2.19. The predicted octanol–water partition coefficient (Wildman–Crippen LogP) is 4.30. The molecule has 6 heteroatoms. The summed E-state index contributed by atoms with van der Waals surface area (Å²) in [6, 6.07) is 4.37. The Morgan fingerprint density at radius 3 is 2.87 bits per heavy atom. The van der Waals surface area contributed by atoms with Gasteiger partial charge in [-0.1, -0.05) is 13.3 Å². The fraction of sp³-hybridized carbons (Fsp3) is 0.720. The first-order valence-electron chi connectivity index (χ1n) is 12.1. The zero-order valence-electron chi connectivity index (χ0n) is 18.5. The number of esters is 1. The molecule has 1 aromatic rings. The lowest BCUT2D eigenvalue weighted by atomic mass is 9.71. The number of benzene rings is 1. The van der Waals surface area contributed by atoms with Crippen molar-refractivity contribution in [3.8, 4) is 5.75 Å². The van der Waals surface area contributed by atoms with Crippen molar-refractivity contribution in [1.29, 1.82) is 0 Å². The Labute approximate surface area is 184 Å². The van der Waals surface area contributed by atoms with E-state index in [1.165, 1.54) is 37.8 Å². The zero-order valence-corrected chi connectivity index (χ0v) is 18.5. The van der Waals surface area contributed by atoms with E-state index in [9.17, 15) is 9.18 Å². The van der Waals surface area contributed by atoms with Crippen LogP contribution >= 0.6 is 0 Å². The fourth-order valence-corrected chi connectivity index (χ4v) is 6.91. The van der Waals surface area contributed by atoms with Crippen LogP contribution in [-0.2, 0) is 9.47 Å². The number of morpholine rings is 1. The van der Waals surface area contributed by atoms with Gasteiger partial charge in [-0.05, 0) is 68.1 Å². The molecule has 5 nitrogen and oxygen atoms in total. The minimum absolute atomic E-state index is 0.201. The predicted molar refractivity (Wildman–Crippen MR) is 115 cm³/mol. The molecule has 4 fully saturated rings. The summed E-state index contributed by atoms with van der Waals surface area (Å²) < 4.78 is 32.0. The van der Waals surface area contributed by atoms with Crippen molar-refractivity contribution >= 4 is 5.97 Å². The maximum Gasteiger partial charge on any atom is 0.338 e. The van der Waals surface area contributed by atoms with Crippen molar-refractivity contribution in [3.63, 3.8) is 0 Å². The average Bonchev–Trinajstić information content (AvgIpc) is 3.49. The molecular formula is C25H34FNO4. The van der Waals surface area contributed by atoms with Gasteiger partial charge in [0.25, 0.3) is 0 Å². The molecule has 5 unspecified atom stereocenters. The molecule has 5 atom stereocenters. The molecule has 1 saturated heterocycles. The molecule has 3 saturated carbocycles. The van der Waals surface area contributed by atoms with Crippen LogP contribution in [0.5, 0.6) is 5.75 Å². The average molecular weight is 432 g/mol. The lowest BCUT2D eigenvalue weighted by Crippen LogP contribution is -2.46. The summed E-state index contributed by atoms with van der Waals surface area (Å²) in [6.45, 7) is 6.31. The van der Waals surface area contributed by atoms with Gasteiger partial charge in [0.15, 0.2) is 11.6 Å². The van der Waals surface area contributed by atoms with Crippen LogP contribution in [-0.4, -0.2) is 55.9 Å². The maximum absolute atomic E-state index is 14.7. The first-order valence-corrected chi connectivity index (χ1v) is 12.1. The number of hydrogen-bond acceptors (Lipinski definition) is 5. The number of halogens is 1. The molecule has 0 N–H and O–H groups in total. The molecule has 1 aliphatic heterocycles. The van der Waals surface area contributed by atoms with Gasteiger partial charge in [-0.15, -0.1) is 0 Å². The number of carbonyl (C=O) groups is 1. The van der Waals surface area contributed by atoms with E-state index in [1.54, 1.807) is 6.07 Å². The molecule has 31 heavy (non-hydrogen) atoms. The van der Waals surface area contributed by atoms with Crippen LogP contribution in [0, 0.1) is 29.5 Å². The molecule has 0 amide bonds. The Kier molecular flexibility index (Phi) is 5.95. The Hall–Kier alpha value is -1.66. The van der Waals surface area contributed by atoms with Crippen LogP contribution < -0.4 is 4.74 Å². The number of fused-ring (bicyclic) bond motifs is 5. The lowest BCUT2D eigenvalue weighted by Gasteiger charge is -2.42. The quantitative estimate of drug-likeness (QED) is 0.603. The largest absolute Gasteiger partial charge is 0.484 e. The second-order valence-electron chi connectivity index (χ2n) is 9.82. The molecular weight excluding hydrogens is 397 g/mol. The van der Waals surface area contributed by atoms with E-state index in [1.807, 2.05) is 0 Å². The van der Waals surface area contributed by atoms with Crippen LogP contribution in [0.15, 0.2) is 18.2 Å². The third-order valence-corrected chi connectivity index (χ3v) is 8.41. The summed E-state index contributed by atoms with van der Waals surface area (Å²) in [4.78, 5) is 14.8. The number of carbonyl (C=O) groups excluding carboxylic acids is 1. The monoisotopic (exact) mass is 431 g/mol. The third kappa shape index (κ3) is 3.97. The van der Waals surface area contributed by atoms with Gasteiger partial charge in [-0.25, -0.2) is 9.18 Å². The highest BCUT2D eigenvalue weighted by Crippen LogP contribution is 2.64. The minimum atomic E-state index is -0.424. The van der Waals surface area contributed by atoms with Crippen molar-refractivity contribution in [1.82, 2.24) is 4.90 Å². The summed E-state index contributed by atoms with van der Waals surface area (Å²) in [5, 5.41) is 0. The molecule has 2 bridgehead atoms. The van der Waals surface area contributed by atoms with Crippen LogP contribution in [0.4, 0.5) is 4.39 Å². The summed E-state index contributed by atoms with van der Waals surface area (Å²) >= 11 is 0. The highest BCUT2D eigenvalue weighted by Gasteiger charge is 2.61. The second kappa shape index (κ2) is 8.70. The van der Waals surface area contributed by atoms with Gasteiger partial charge in [-0.2, -0.15) is 0 Å². The molecule has 1 aromatic carbocycles. The maximum atomic E-state index is 14.7. The first kappa shape index (κ1) is 21.2. The van der Waals surface area contributed by atoms with E-state index >= 15 is 0 Å². The van der Waals surface area contributed by atoms with Crippen LogP contribution in [0.2, 0.25) is 0 Å². The second-order valence-corrected chi connectivity index (χ2v) is 9.82. The van der Waals surface area contributed by atoms with E-state index in [0.29, 0.717) is 30.6 Å². The van der Waals surface area contributed by atoms with Crippen LogP contribution in [0.25, 0.3) is 0 Å². The van der Waals surface area contributed by atoms with Crippen LogP contribution in [0.1, 0.15) is 55.8 Å². The Morgan fingerprint density at radius 1 is 1.26 bits per heavy atom. The minimum Gasteiger partial charge on any atom is -0.484 e. The molecule has 1 heterocycles. The third-order valence-electron chi connectivity index (χ3n) is 8.41. The first-order chi connectivity index (χ1) is 15.1. The van der Waals surface area contributed by atoms with Crippen molar-refractivity contribution in [2.75, 3.05) is 39.5 Å². The van der Waals surface area contributed by atoms with Crippen LogP contribution in [0.3, 0.4) is 0 Å². The highest BCUT2D eigenvalue weighted by molar-refractivity contribution is 5.89.